The number of hydrogen-bond donors (Lipinski definition) is 1. The van der Waals surface area contributed by atoms with E-state index in [2.05, 4.69) is 29.1 Å². The average molecular weight is 353 g/mol. The van der Waals surface area contributed by atoms with E-state index in [0.717, 1.165) is 25.4 Å². The van der Waals surface area contributed by atoms with E-state index in [1.165, 1.54) is 24.0 Å². The standard InChI is InChI=1S/C20H23N3O3/c1-22-10-15-11-23(20(25)14-7-16(24)9-21-8-14)12-18(15)19(22)13-3-5-17(26-2)6-4-13/h3-9,15,18-19,24H,10-12H2,1-2H3/t15-,18+,19-/m0/s1. The van der Waals surface area contributed by atoms with Crippen molar-refractivity contribution in [1.82, 2.24) is 14.8 Å². The molecule has 136 valence electrons. The lowest BCUT2D eigenvalue weighted by molar-refractivity contribution is 0.0767. The molecule has 0 spiro atoms. The minimum Gasteiger partial charge on any atom is -0.506 e. The van der Waals surface area contributed by atoms with E-state index in [1.54, 1.807) is 7.11 Å². The highest BCUT2D eigenvalue weighted by Gasteiger charge is 2.47. The number of amides is 1. The van der Waals surface area contributed by atoms with Crippen LogP contribution < -0.4 is 4.74 Å². The van der Waals surface area contributed by atoms with Crippen molar-refractivity contribution in [3.8, 4) is 11.5 Å². The third-order valence-electron chi connectivity index (χ3n) is 5.61. The van der Waals surface area contributed by atoms with Gasteiger partial charge >= 0.3 is 0 Å². The van der Waals surface area contributed by atoms with Crippen LogP contribution in [-0.4, -0.2) is 59.6 Å². The van der Waals surface area contributed by atoms with Gasteiger partial charge in [0.25, 0.3) is 5.91 Å². The molecule has 2 fully saturated rings. The molecule has 2 aliphatic rings. The van der Waals surface area contributed by atoms with Gasteiger partial charge in [-0.3, -0.25) is 14.7 Å². The summed E-state index contributed by atoms with van der Waals surface area (Å²) >= 11 is 0. The highest BCUT2D eigenvalue weighted by Crippen LogP contribution is 2.44. The first-order valence-corrected chi connectivity index (χ1v) is 8.84. The minimum absolute atomic E-state index is 0.0195. The number of likely N-dealkylation sites (tertiary alicyclic amines) is 2. The van der Waals surface area contributed by atoms with E-state index in [9.17, 15) is 9.90 Å². The number of carbonyl (C=O) groups is 1. The topological polar surface area (TPSA) is 65.9 Å². The maximum absolute atomic E-state index is 12.8. The molecular formula is C20H23N3O3. The number of ether oxygens (including phenoxy) is 1. The predicted octanol–water partition coefficient (Wildman–Crippen LogP) is 2.17. The Labute approximate surface area is 153 Å². The van der Waals surface area contributed by atoms with Gasteiger partial charge in [-0.1, -0.05) is 12.1 Å². The molecule has 1 aromatic carbocycles. The van der Waals surface area contributed by atoms with Crippen LogP contribution in [-0.2, 0) is 0 Å². The van der Waals surface area contributed by atoms with Gasteiger partial charge in [0.05, 0.1) is 18.9 Å². The first-order chi connectivity index (χ1) is 12.6. The van der Waals surface area contributed by atoms with E-state index in [0.29, 0.717) is 23.4 Å². The largest absolute Gasteiger partial charge is 0.506 e. The fourth-order valence-corrected chi connectivity index (χ4v) is 4.45. The fourth-order valence-electron chi connectivity index (χ4n) is 4.45. The maximum Gasteiger partial charge on any atom is 0.255 e. The van der Waals surface area contributed by atoms with Crippen LogP contribution in [0.4, 0.5) is 0 Å². The number of fused-ring (bicyclic) bond motifs is 1. The Morgan fingerprint density at radius 1 is 1.19 bits per heavy atom. The van der Waals surface area contributed by atoms with Crippen molar-refractivity contribution in [2.75, 3.05) is 33.8 Å². The van der Waals surface area contributed by atoms with Crippen molar-refractivity contribution < 1.29 is 14.6 Å². The van der Waals surface area contributed by atoms with Crippen LogP contribution in [0.3, 0.4) is 0 Å². The molecule has 0 bridgehead atoms. The van der Waals surface area contributed by atoms with Crippen LogP contribution >= 0.6 is 0 Å². The molecule has 1 N–H and O–H groups in total. The smallest absolute Gasteiger partial charge is 0.255 e. The minimum atomic E-state index is -0.0565. The number of carbonyl (C=O) groups excluding carboxylic acids is 1. The number of hydrogen-bond acceptors (Lipinski definition) is 5. The van der Waals surface area contributed by atoms with E-state index < -0.39 is 0 Å². The predicted molar refractivity (Wildman–Crippen MR) is 97.2 cm³/mol. The van der Waals surface area contributed by atoms with Crippen molar-refractivity contribution in [1.29, 1.82) is 0 Å². The second kappa shape index (κ2) is 6.61. The van der Waals surface area contributed by atoms with E-state index in [1.807, 2.05) is 17.0 Å². The van der Waals surface area contributed by atoms with Crippen LogP contribution in [0.1, 0.15) is 22.0 Å². The summed E-state index contributed by atoms with van der Waals surface area (Å²) < 4.78 is 5.26. The molecule has 0 unspecified atom stereocenters. The van der Waals surface area contributed by atoms with E-state index in [-0.39, 0.29) is 11.7 Å². The number of nitrogens with zero attached hydrogens (tertiary/aromatic N) is 3. The molecule has 4 rings (SSSR count). The molecule has 0 radical (unpaired) electrons. The Bertz CT molecular complexity index is 808. The Morgan fingerprint density at radius 2 is 1.96 bits per heavy atom. The lowest BCUT2D eigenvalue weighted by atomic mass is 9.89. The first kappa shape index (κ1) is 16.8. The third kappa shape index (κ3) is 2.90. The van der Waals surface area contributed by atoms with Gasteiger partial charge in [-0.05, 0) is 36.7 Å². The van der Waals surface area contributed by atoms with E-state index in [4.69, 9.17) is 4.74 Å². The first-order valence-electron chi connectivity index (χ1n) is 8.84. The Morgan fingerprint density at radius 3 is 2.65 bits per heavy atom. The van der Waals surface area contributed by atoms with Gasteiger partial charge in [-0.15, -0.1) is 0 Å². The van der Waals surface area contributed by atoms with Crippen LogP contribution in [0, 0.1) is 11.8 Å². The van der Waals surface area contributed by atoms with Crippen molar-refractivity contribution >= 4 is 5.91 Å². The van der Waals surface area contributed by atoms with Crippen LogP contribution in [0.5, 0.6) is 11.5 Å². The SMILES string of the molecule is COc1ccc([C@H]2[C@@H]3CN(C(=O)c4cncc(O)c4)C[C@@H]3CN2C)cc1. The molecule has 0 aliphatic carbocycles. The molecule has 26 heavy (non-hydrogen) atoms. The van der Waals surface area contributed by atoms with Crippen LogP contribution in [0.15, 0.2) is 42.7 Å². The summed E-state index contributed by atoms with van der Waals surface area (Å²) in [5.74, 6) is 1.68. The average Bonchev–Trinajstić information content (AvgIpc) is 3.18. The Kier molecular flexibility index (Phi) is 4.28. The van der Waals surface area contributed by atoms with Gasteiger partial charge in [0, 0.05) is 37.8 Å². The highest BCUT2D eigenvalue weighted by molar-refractivity contribution is 5.94. The molecular weight excluding hydrogens is 330 g/mol. The second-order valence-electron chi connectivity index (χ2n) is 7.22. The molecule has 2 aromatic rings. The van der Waals surface area contributed by atoms with Gasteiger partial charge in [0.15, 0.2) is 0 Å². The van der Waals surface area contributed by atoms with Crippen molar-refractivity contribution in [3.05, 3.63) is 53.9 Å². The van der Waals surface area contributed by atoms with Crippen LogP contribution in [0.2, 0.25) is 0 Å². The Balaban J connectivity index is 1.53. The number of methoxy groups -OCH3 is 1. The molecule has 1 aromatic heterocycles. The van der Waals surface area contributed by atoms with Gasteiger partial charge < -0.3 is 14.7 Å². The molecule has 2 aliphatic heterocycles. The number of aromatic hydroxyl groups is 1. The fraction of sp³-hybridized carbons (Fsp3) is 0.400. The highest BCUT2D eigenvalue weighted by atomic mass is 16.5. The molecule has 6 nitrogen and oxygen atoms in total. The third-order valence-corrected chi connectivity index (χ3v) is 5.61. The van der Waals surface area contributed by atoms with Gasteiger partial charge in [0.1, 0.15) is 11.5 Å². The lowest BCUT2D eigenvalue weighted by Gasteiger charge is -2.27. The normalized spacial score (nSPS) is 25.3. The zero-order chi connectivity index (χ0) is 18.3. The zero-order valence-electron chi connectivity index (χ0n) is 15.0. The molecule has 2 saturated heterocycles. The lowest BCUT2D eigenvalue weighted by Crippen LogP contribution is -2.33. The summed E-state index contributed by atoms with van der Waals surface area (Å²) in [4.78, 5) is 21.0. The van der Waals surface area contributed by atoms with E-state index >= 15 is 0 Å². The number of aromatic nitrogens is 1. The Hall–Kier alpha value is -2.60. The van der Waals surface area contributed by atoms with Crippen molar-refractivity contribution in [2.24, 2.45) is 11.8 Å². The summed E-state index contributed by atoms with van der Waals surface area (Å²) in [5.41, 5.74) is 1.70. The number of rotatable bonds is 3. The second-order valence-corrected chi connectivity index (χ2v) is 7.22. The van der Waals surface area contributed by atoms with Crippen LogP contribution in [0.25, 0.3) is 0 Å². The summed E-state index contributed by atoms with van der Waals surface area (Å²) in [5, 5.41) is 9.58. The maximum atomic E-state index is 12.8. The number of pyridine rings is 1. The molecule has 3 atom stereocenters. The molecule has 1 amide bonds. The number of benzene rings is 1. The van der Waals surface area contributed by atoms with Gasteiger partial charge in [0.2, 0.25) is 0 Å². The zero-order valence-corrected chi connectivity index (χ0v) is 15.0. The summed E-state index contributed by atoms with van der Waals surface area (Å²) in [7, 11) is 3.82. The molecule has 3 heterocycles. The summed E-state index contributed by atoms with van der Waals surface area (Å²) in [6.45, 7) is 2.44. The summed E-state index contributed by atoms with van der Waals surface area (Å²) in [6.07, 6.45) is 2.85. The van der Waals surface area contributed by atoms with Gasteiger partial charge in [-0.2, -0.15) is 0 Å². The summed E-state index contributed by atoms with van der Waals surface area (Å²) in [6, 6.07) is 10.00. The quantitative estimate of drug-likeness (QED) is 0.916. The molecule has 0 saturated carbocycles. The van der Waals surface area contributed by atoms with Crippen molar-refractivity contribution in [2.45, 2.75) is 6.04 Å². The monoisotopic (exact) mass is 353 g/mol. The van der Waals surface area contributed by atoms with Crippen molar-refractivity contribution in [3.63, 3.8) is 0 Å². The van der Waals surface area contributed by atoms with Gasteiger partial charge in [-0.25, -0.2) is 0 Å². The molecule has 6 heteroatoms.